The first-order valence-corrected chi connectivity index (χ1v) is 10.9. The average Bonchev–Trinajstić information content (AvgIpc) is 3.07. The highest BCUT2D eigenvalue weighted by Gasteiger charge is 2.31. The van der Waals surface area contributed by atoms with E-state index in [2.05, 4.69) is 15.0 Å². The number of carbonyl (C=O) groups is 1. The molecule has 10 heteroatoms. The van der Waals surface area contributed by atoms with E-state index >= 15 is 0 Å². The van der Waals surface area contributed by atoms with Gasteiger partial charge >= 0.3 is 6.18 Å². The second kappa shape index (κ2) is 9.05. The fraction of sp³-hybridized carbons (Fsp3) is 0.348. The third-order valence-electron chi connectivity index (χ3n) is 5.86. The Balaban J connectivity index is 1.45. The topological polar surface area (TPSA) is 54.3 Å². The Morgan fingerprint density at radius 3 is 2.45 bits per heavy atom. The number of hydrogen-bond donors (Lipinski definition) is 0. The first kappa shape index (κ1) is 23.1. The number of halogens is 4. The van der Waals surface area contributed by atoms with Gasteiger partial charge in [-0.05, 0) is 44.2 Å². The molecule has 1 aromatic carbocycles. The highest BCUT2D eigenvalue weighted by molar-refractivity contribution is 6.30. The Morgan fingerprint density at radius 2 is 1.82 bits per heavy atom. The number of piperazine rings is 1. The molecule has 0 atom stereocenters. The molecule has 1 aliphatic rings. The van der Waals surface area contributed by atoms with Crippen LogP contribution in [0.15, 0.2) is 42.6 Å². The number of carbonyl (C=O) groups excluding carboxylic acids is 1. The summed E-state index contributed by atoms with van der Waals surface area (Å²) >= 11 is 5.90. The van der Waals surface area contributed by atoms with Crippen molar-refractivity contribution in [2.45, 2.75) is 26.4 Å². The Kier molecular flexibility index (Phi) is 6.34. The van der Waals surface area contributed by atoms with Gasteiger partial charge in [-0.1, -0.05) is 17.7 Å². The second-order valence-electron chi connectivity index (χ2n) is 7.99. The molecule has 3 aromatic rings. The van der Waals surface area contributed by atoms with Crippen LogP contribution in [0, 0.1) is 13.8 Å². The molecule has 0 bridgehead atoms. The zero-order chi connectivity index (χ0) is 23.8. The van der Waals surface area contributed by atoms with Crippen LogP contribution in [0.2, 0.25) is 5.02 Å². The van der Waals surface area contributed by atoms with Gasteiger partial charge in [0, 0.05) is 43.6 Å². The lowest BCUT2D eigenvalue weighted by Gasteiger charge is -2.35. The van der Waals surface area contributed by atoms with Crippen molar-refractivity contribution in [3.63, 3.8) is 0 Å². The van der Waals surface area contributed by atoms with Gasteiger partial charge in [0.25, 0.3) is 0 Å². The maximum Gasteiger partial charge on any atom is 0.416 e. The summed E-state index contributed by atoms with van der Waals surface area (Å²) in [6.07, 6.45) is -2.69. The zero-order valence-electron chi connectivity index (χ0n) is 18.2. The number of aromatic nitrogens is 3. The fourth-order valence-electron chi connectivity index (χ4n) is 4.00. The third-order valence-corrected chi connectivity index (χ3v) is 6.08. The van der Waals surface area contributed by atoms with E-state index in [0.29, 0.717) is 48.3 Å². The minimum absolute atomic E-state index is 0.0338. The van der Waals surface area contributed by atoms with E-state index in [-0.39, 0.29) is 12.3 Å². The number of nitrogens with zero attached hydrogens (tertiary/aromatic N) is 5. The molecule has 0 spiro atoms. The lowest BCUT2D eigenvalue weighted by Crippen LogP contribution is -2.49. The number of rotatable bonds is 4. The monoisotopic (exact) mass is 477 g/mol. The van der Waals surface area contributed by atoms with Gasteiger partial charge in [-0.2, -0.15) is 18.3 Å². The van der Waals surface area contributed by atoms with Gasteiger partial charge in [0.1, 0.15) is 5.82 Å². The van der Waals surface area contributed by atoms with E-state index in [9.17, 15) is 18.0 Å². The van der Waals surface area contributed by atoms with Crippen LogP contribution in [0.4, 0.5) is 19.0 Å². The highest BCUT2D eigenvalue weighted by atomic mass is 35.5. The number of anilines is 1. The lowest BCUT2D eigenvalue weighted by atomic mass is 10.1. The molecule has 0 aliphatic carbocycles. The smallest absolute Gasteiger partial charge is 0.353 e. The van der Waals surface area contributed by atoms with Crippen LogP contribution in [0.5, 0.6) is 0 Å². The van der Waals surface area contributed by atoms with Crippen LogP contribution in [-0.4, -0.2) is 51.8 Å². The van der Waals surface area contributed by atoms with Crippen LogP contribution < -0.4 is 4.90 Å². The van der Waals surface area contributed by atoms with Crippen LogP contribution >= 0.6 is 11.6 Å². The maximum absolute atomic E-state index is 13.1. The summed E-state index contributed by atoms with van der Waals surface area (Å²) in [5.74, 6) is 0.786. The van der Waals surface area contributed by atoms with Crippen molar-refractivity contribution in [3.05, 3.63) is 70.1 Å². The molecule has 1 aliphatic heterocycles. The van der Waals surface area contributed by atoms with Crippen molar-refractivity contribution >= 4 is 23.3 Å². The minimum Gasteiger partial charge on any atom is -0.353 e. The molecule has 6 nitrogen and oxygen atoms in total. The molecule has 1 fully saturated rings. The van der Waals surface area contributed by atoms with E-state index < -0.39 is 11.7 Å². The molecule has 33 heavy (non-hydrogen) atoms. The van der Waals surface area contributed by atoms with Gasteiger partial charge in [0.05, 0.1) is 28.4 Å². The van der Waals surface area contributed by atoms with Crippen molar-refractivity contribution < 1.29 is 18.0 Å². The Hall–Kier alpha value is -3.07. The summed E-state index contributed by atoms with van der Waals surface area (Å²) in [6, 6.07) is 8.66. The Morgan fingerprint density at radius 1 is 1.09 bits per heavy atom. The van der Waals surface area contributed by atoms with Crippen LogP contribution in [-0.2, 0) is 17.4 Å². The van der Waals surface area contributed by atoms with Crippen LogP contribution in [0.3, 0.4) is 0 Å². The number of benzene rings is 1. The molecule has 4 rings (SSSR count). The number of alkyl halides is 3. The van der Waals surface area contributed by atoms with E-state index in [1.807, 2.05) is 6.07 Å². The quantitative estimate of drug-likeness (QED) is 0.557. The molecule has 1 saturated heterocycles. The molecule has 174 valence electrons. The summed E-state index contributed by atoms with van der Waals surface area (Å²) in [5.41, 5.74) is 1.59. The van der Waals surface area contributed by atoms with Gasteiger partial charge in [-0.3, -0.25) is 4.79 Å². The van der Waals surface area contributed by atoms with Crippen LogP contribution in [0.25, 0.3) is 5.69 Å². The molecule has 3 heterocycles. The molecule has 0 saturated carbocycles. The fourth-order valence-corrected chi connectivity index (χ4v) is 4.11. The van der Waals surface area contributed by atoms with Crippen LogP contribution in [0.1, 0.15) is 22.5 Å². The first-order chi connectivity index (χ1) is 15.6. The molecule has 0 N–H and O–H groups in total. The van der Waals surface area contributed by atoms with Gasteiger partial charge < -0.3 is 9.80 Å². The van der Waals surface area contributed by atoms with E-state index in [1.165, 1.54) is 10.7 Å². The zero-order valence-corrected chi connectivity index (χ0v) is 19.0. The third kappa shape index (κ3) is 4.98. The summed E-state index contributed by atoms with van der Waals surface area (Å²) in [6.45, 7) is 5.96. The first-order valence-electron chi connectivity index (χ1n) is 10.5. The molecular weight excluding hydrogens is 455 g/mol. The normalized spacial score (nSPS) is 14.6. The number of pyridine rings is 1. The molecular formula is C23H23ClF3N5O. The summed E-state index contributed by atoms with van der Waals surface area (Å²) < 4.78 is 40.8. The molecule has 1 amide bonds. The second-order valence-corrected chi connectivity index (χ2v) is 8.42. The van der Waals surface area contributed by atoms with Crippen molar-refractivity contribution in [2.75, 3.05) is 31.1 Å². The highest BCUT2D eigenvalue weighted by Crippen LogP contribution is 2.31. The summed E-state index contributed by atoms with van der Waals surface area (Å²) in [5, 5.41) is 4.99. The molecule has 0 radical (unpaired) electrons. The van der Waals surface area contributed by atoms with Gasteiger partial charge in [0.2, 0.25) is 5.91 Å². The largest absolute Gasteiger partial charge is 0.416 e. The maximum atomic E-state index is 13.1. The standard InChI is InChI=1S/C23H23ClF3N5O/c1-15-20(16(2)32(29-15)19-5-3-4-17(12-19)23(25,26)27)13-22(33)31-10-8-30(9-11-31)21-7-6-18(24)14-28-21/h3-7,12,14H,8-11,13H2,1-2H3. The number of hydrogen-bond acceptors (Lipinski definition) is 4. The van der Waals surface area contributed by atoms with E-state index in [0.717, 1.165) is 23.5 Å². The Labute approximate surface area is 194 Å². The summed E-state index contributed by atoms with van der Waals surface area (Å²) in [4.78, 5) is 21.2. The predicted molar refractivity (Wildman–Crippen MR) is 120 cm³/mol. The number of aryl methyl sites for hydroxylation is 1. The SMILES string of the molecule is Cc1nn(-c2cccc(C(F)(F)F)c2)c(C)c1CC(=O)N1CCN(c2ccc(Cl)cn2)CC1. The lowest BCUT2D eigenvalue weighted by molar-refractivity contribution is -0.137. The Bertz CT molecular complexity index is 1150. The molecule has 2 aromatic heterocycles. The van der Waals surface area contributed by atoms with Crippen molar-refractivity contribution in [2.24, 2.45) is 0 Å². The molecule has 0 unspecified atom stereocenters. The van der Waals surface area contributed by atoms with Crippen molar-refractivity contribution in [1.29, 1.82) is 0 Å². The van der Waals surface area contributed by atoms with Gasteiger partial charge in [-0.15, -0.1) is 0 Å². The van der Waals surface area contributed by atoms with E-state index in [4.69, 9.17) is 11.6 Å². The number of amides is 1. The van der Waals surface area contributed by atoms with Crippen molar-refractivity contribution in [1.82, 2.24) is 19.7 Å². The van der Waals surface area contributed by atoms with E-state index in [1.54, 1.807) is 37.1 Å². The van der Waals surface area contributed by atoms with Gasteiger partial charge in [-0.25, -0.2) is 9.67 Å². The van der Waals surface area contributed by atoms with Crippen molar-refractivity contribution in [3.8, 4) is 5.69 Å². The summed E-state index contributed by atoms with van der Waals surface area (Å²) in [7, 11) is 0. The predicted octanol–water partition coefficient (Wildman–Crippen LogP) is 4.45. The van der Waals surface area contributed by atoms with Gasteiger partial charge in [0.15, 0.2) is 0 Å². The average molecular weight is 478 g/mol. The minimum atomic E-state index is -4.44.